The Hall–Kier alpha value is -2.67. The molecule has 0 aliphatic carbocycles. The number of hydrogen-bond acceptors (Lipinski definition) is 3. The summed E-state index contributed by atoms with van der Waals surface area (Å²) in [7, 11) is 0. The highest BCUT2D eigenvalue weighted by molar-refractivity contribution is 7.80. The second-order valence-corrected chi connectivity index (χ2v) is 6.55. The summed E-state index contributed by atoms with van der Waals surface area (Å²) >= 11 is 5.40. The number of aromatic nitrogens is 4. The zero-order chi connectivity index (χ0) is 18.5. The van der Waals surface area contributed by atoms with Gasteiger partial charge in [0.15, 0.2) is 5.11 Å². The molecule has 0 spiro atoms. The number of nitrogens with zero attached hydrogens (tertiary/aromatic N) is 4. The molecule has 7 heteroatoms. The van der Waals surface area contributed by atoms with Crippen LogP contribution in [0.25, 0.3) is 5.69 Å². The average Bonchev–Trinajstić information content (AvgIpc) is 3.23. The maximum Gasteiger partial charge on any atom is 0.166 e. The van der Waals surface area contributed by atoms with E-state index >= 15 is 0 Å². The van der Waals surface area contributed by atoms with Crippen LogP contribution in [0.1, 0.15) is 29.4 Å². The van der Waals surface area contributed by atoms with Crippen molar-refractivity contribution in [2.75, 3.05) is 0 Å². The number of benzene rings is 1. The molecular weight excluding hydrogens is 344 g/mol. The highest BCUT2D eigenvalue weighted by atomic mass is 32.1. The maximum absolute atomic E-state index is 5.40. The van der Waals surface area contributed by atoms with Gasteiger partial charge in [-0.25, -0.2) is 4.68 Å². The number of para-hydroxylation sites is 1. The van der Waals surface area contributed by atoms with Gasteiger partial charge in [-0.2, -0.15) is 10.2 Å². The van der Waals surface area contributed by atoms with E-state index in [0.29, 0.717) is 18.2 Å². The Labute approximate surface area is 159 Å². The van der Waals surface area contributed by atoms with E-state index in [1.54, 1.807) is 0 Å². The van der Waals surface area contributed by atoms with Crippen LogP contribution in [0.4, 0.5) is 0 Å². The fourth-order valence-corrected chi connectivity index (χ4v) is 2.98. The highest BCUT2D eigenvalue weighted by Gasteiger charge is 2.12. The SMILES string of the molecule is CCn1cc(CNC(=S)NCc2c(C)nn(-c3ccccc3)c2C)cn1. The summed E-state index contributed by atoms with van der Waals surface area (Å²) in [5.41, 5.74) is 5.46. The number of nitrogens with one attached hydrogen (secondary N) is 2. The fourth-order valence-electron chi connectivity index (χ4n) is 2.84. The van der Waals surface area contributed by atoms with Crippen molar-refractivity contribution in [3.8, 4) is 5.69 Å². The molecule has 6 nitrogen and oxygen atoms in total. The number of thiocarbonyl (C=S) groups is 1. The Kier molecular flexibility index (Phi) is 5.68. The molecule has 0 aliphatic heterocycles. The molecule has 2 heterocycles. The minimum absolute atomic E-state index is 0.625. The second-order valence-electron chi connectivity index (χ2n) is 6.14. The zero-order valence-electron chi connectivity index (χ0n) is 15.4. The summed E-state index contributed by atoms with van der Waals surface area (Å²) in [4.78, 5) is 0. The van der Waals surface area contributed by atoms with E-state index in [9.17, 15) is 0 Å². The van der Waals surface area contributed by atoms with Gasteiger partial charge in [0.1, 0.15) is 0 Å². The first-order valence-electron chi connectivity index (χ1n) is 8.72. The van der Waals surface area contributed by atoms with Crippen LogP contribution >= 0.6 is 12.2 Å². The van der Waals surface area contributed by atoms with E-state index in [2.05, 4.69) is 46.8 Å². The van der Waals surface area contributed by atoms with Crippen LogP contribution in [-0.2, 0) is 19.6 Å². The molecule has 2 N–H and O–H groups in total. The molecule has 136 valence electrons. The normalized spacial score (nSPS) is 10.7. The third-order valence-corrected chi connectivity index (χ3v) is 4.62. The van der Waals surface area contributed by atoms with Crippen molar-refractivity contribution >= 4 is 17.3 Å². The summed E-state index contributed by atoms with van der Waals surface area (Å²) in [6, 6.07) is 10.2. The monoisotopic (exact) mass is 368 g/mol. The molecule has 26 heavy (non-hydrogen) atoms. The topological polar surface area (TPSA) is 59.7 Å². The molecule has 0 bridgehead atoms. The van der Waals surface area contributed by atoms with Gasteiger partial charge in [0.25, 0.3) is 0 Å². The molecule has 0 saturated heterocycles. The van der Waals surface area contributed by atoms with Gasteiger partial charge in [0.05, 0.1) is 17.6 Å². The Morgan fingerprint density at radius 1 is 1.12 bits per heavy atom. The van der Waals surface area contributed by atoms with Crippen molar-refractivity contribution in [2.45, 2.75) is 40.4 Å². The summed E-state index contributed by atoms with van der Waals surface area (Å²) in [6.45, 7) is 8.35. The Morgan fingerprint density at radius 2 is 1.85 bits per heavy atom. The first-order valence-corrected chi connectivity index (χ1v) is 9.13. The van der Waals surface area contributed by atoms with E-state index in [4.69, 9.17) is 12.2 Å². The highest BCUT2D eigenvalue weighted by Crippen LogP contribution is 2.17. The second kappa shape index (κ2) is 8.14. The van der Waals surface area contributed by atoms with Gasteiger partial charge in [0, 0.05) is 42.7 Å². The first-order chi connectivity index (χ1) is 12.6. The number of aryl methyl sites for hydroxylation is 2. The third-order valence-electron chi connectivity index (χ3n) is 4.33. The Bertz CT molecular complexity index is 881. The standard InChI is InChI=1S/C19H24N6S/c1-4-24-13-16(11-22-24)10-20-19(26)21-12-18-14(2)23-25(15(18)3)17-8-6-5-7-9-17/h5-9,11,13H,4,10,12H2,1-3H3,(H2,20,21,26). The van der Waals surface area contributed by atoms with Gasteiger partial charge in [-0.15, -0.1) is 0 Å². The van der Waals surface area contributed by atoms with Crippen molar-refractivity contribution in [1.29, 1.82) is 0 Å². The lowest BCUT2D eigenvalue weighted by molar-refractivity contribution is 0.659. The van der Waals surface area contributed by atoms with E-state index in [-0.39, 0.29) is 0 Å². The Balaban J connectivity index is 1.59. The van der Waals surface area contributed by atoms with Crippen LogP contribution < -0.4 is 10.6 Å². The predicted octanol–water partition coefficient (Wildman–Crippen LogP) is 2.87. The van der Waals surface area contributed by atoms with E-state index in [1.165, 1.54) is 0 Å². The largest absolute Gasteiger partial charge is 0.359 e. The van der Waals surface area contributed by atoms with Crippen LogP contribution in [0.2, 0.25) is 0 Å². The molecule has 0 amide bonds. The smallest absolute Gasteiger partial charge is 0.166 e. The lowest BCUT2D eigenvalue weighted by atomic mass is 10.2. The molecule has 0 atom stereocenters. The molecule has 0 saturated carbocycles. The van der Waals surface area contributed by atoms with Crippen LogP contribution in [0.15, 0.2) is 42.7 Å². The third kappa shape index (κ3) is 4.11. The van der Waals surface area contributed by atoms with E-state index in [0.717, 1.165) is 34.7 Å². The van der Waals surface area contributed by atoms with Crippen LogP contribution in [0.3, 0.4) is 0 Å². The van der Waals surface area contributed by atoms with Gasteiger partial charge in [-0.3, -0.25) is 4.68 Å². The summed E-state index contributed by atoms with van der Waals surface area (Å²) < 4.78 is 3.88. The van der Waals surface area contributed by atoms with E-state index < -0.39 is 0 Å². The van der Waals surface area contributed by atoms with Gasteiger partial charge in [-0.1, -0.05) is 18.2 Å². The van der Waals surface area contributed by atoms with Crippen molar-refractivity contribution < 1.29 is 0 Å². The van der Waals surface area contributed by atoms with Crippen molar-refractivity contribution in [1.82, 2.24) is 30.2 Å². The lowest BCUT2D eigenvalue weighted by Crippen LogP contribution is -2.34. The molecule has 1 aromatic carbocycles. The predicted molar refractivity (Wildman–Crippen MR) is 107 cm³/mol. The molecule has 0 radical (unpaired) electrons. The summed E-state index contributed by atoms with van der Waals surface area (Å²) in [5.74, 6) is 0. The molecule has 2 aromatic heterocycles. The van der Waals surface area contributed by atoms with Gasteiger partial charge < -0.3 is 10.6 Å². The molecule has 3 aromatic rings. The van der Waals surface area contributed by atoms with Crippen molar-refractivity contribution in [3.05, 3.63) is 65.2 Å². The lowest BCUT2D eigenvalue weighted by Gasteiger charge is -2.10. The maximum atomic E-state index is 5.40. The van der Waals surface area contributed by atoms with Crippen molar-refractivity contribution in [2.24, 2.45) is 0 Å². The van der Waals surface area contributed by atoms with Gasteiger partial charge in [-0.05, 0) is 45.1 Å². The van der Waals surface area contributed by atoms with Crippen LogP contribution in [-0.4, -0.2) is 24.7 Å². The minimum Gasteiger partial charge on any atom is -0.359 e. The first kappa shape index (κ1) is 18.1. The van der Waals surface area contributed by atoms with E-state index in [1.807, 2.05) is 46.9 Å². The van der Waals surface area contributed by atoms with Gasteiger partial charge >= 0.3 is 0 Å². The molecule has 0 unspecified atom stereocenters. The van der Waals surface area contributed by atoms with Crippen molar-refractivity contribution in [3.63, 3.8) is 0 Å². The number of hydrogen-bond donors (Lipinski definition) is 2. The Morgan fingerprint density at radius 3 is 2.54 bits per heavy atom. The quantitative estimate of drug-likeness (QED) is 0.655. The molecule has 0 fully saturated rings. The zero-order valence-corrected chi connectivity index (χ0v) is 16.2. The fraction of sp³-hybridized carbons (Fsp3) is 0.316. The number of rotatable bonds is 6. The molecular formula is C19H24N6S. The molecule has 0 aliphatic rings. The van der Waals surface area contributed by atoms with Gasteiger partial charge in [0.2, 0.25) is 0 Å². The summed E-state index contributed by atoms with van der Waals surface area (Å²) in [6.07, 6.45) is 3.88. The molecule has 3 rings (SSSR count). The summed E-state index contributed by atoms with van der Waals surface area (Å²) in [5, 5.41) is 16.1. The van der Waals surface area contributed by atoms with Crippen LogP contribution in [0, 0.1) is 13.8 Å². The minimum atomic E-state index is 0.625. The van der Waals surface area contributed by atoms with Crippen LogP contribution in [0.5, 0.6) is 0 Å². The average molecular weight is 369 g/mol.